The van der Waals surface area contributed by atoms with Crippen LogP contribution in [0.5, 0.6) is 0 Å². The number of Topliss-reactive ketones (excluding diaryl/α,β-unsaturated/α-hetero) is 1. The number of ketones is 1. The molecule has 0 saturated carbocycles. The van der Waals surface area contributed by atoms with Crippen LogP contribution in [0.4, 0.5) is 5.69 Å². The Kier molecular flexibility index (Phi) is 3.86. The van der Waals surface area contributed by atoms with E-state index in [0.29, 0.717) is 11.3 Å². The van der Waals surface area contributed by atoms with Gasteiger partial charge in [-0.2, -0.15) is 0 Å². The zero-order chi connectivity index (χ0) is 12.3. The maximum Gasteiger partial charge on any atom is 0.221 e. The quantitative estimate of drug-likeness (QED) is 0.685. The van der Waals surface area contributed by atoms with Crippen LogP contribution in [0.25, 0.3) is 0 Å². The van der Waals surface area contributed by atoms with E-state index < -0.39 is 4.32 Å². The second kappa shape index (κ2) is 4.78. The summed E-state index contributed by atoms with van der Waals surface area (Å²) in [4.78, 5) is 22.7. The highest BCUT2D eigenvalue weighted by atomic mass is 79.9. The summed E-state index contributed by atoms with van der Waals surface area (Å²) >= 11 is 3.32. The molecule has 0 unspecified atom stereocenters. The zero-order valence-corrected chi connectivity index (χ0v) is 11.1. The third-order valence-electron chi connectivity index (χ3n) is 2.01. The number of carbonyl (C=O) groups excluding carboxylic acids is 2. The lowest BCUT2D eigenvalue weighted by Gasteiger charge is -2.14. The fourth-order valence-corrected chi connectivity index (χ4v) is 1.48. The highest BCUT2D eigenvalue weighted by Gasteiger charge is 2.24. The van der Waals surface area contributed by atoms with Crippen molar-refractivity contribution in [3.8, 4) is 0 Å². The molecule has 0 aliphatic heterocycles. The van der Waals surface area contributed by atoms with Gasteiger partial charge < -0.3 is 5.32 Å². The van der Waals surface area contributed by atoms with Crippen molar-refractivity contribution in [1.82, 2.24) is 0 Å². The molecule has 0 aromatic heterocycles. The molecule has 16 heavy (non-hydrogen) atoms. The summed E-state index contributed by atoms with van der Waals surface area (Å²) < 4.78 is -0.567. The van der Waals surface area contributed by atoms with Crippen LogP contribution in [0.15, 0.2) is 24.3 Å². The Morgan fingerprint density at radius 1 is 1.19 bits per heavy atom. The number of amides is 1. The second-order valence-corrected chi connectivity index (χ2v) is 6.04. The first-order valence-electron chi connectivity index (χ1n) is 4.92. The molecule has 0 heterocycles. The normalized spacial score (nSPS) is 11.0. The predicted octanol–water partition coefficient (Wildman–Crippen LogP) is 3.00. The second-order valence-electron chi connectivity index (χ2n) is 4.06. The summed E-state index contributed by atoms with van der Waals surface area (Å²) in [5.41, 5.74) is 1.31. The summed E-state index contributed by atoms with van der Waals surface area (Å²) in [6.45, 7) is 5.05. The van der Waals surface area contributed by atoms with E-state index in [2.05, 4.69) is 21.2 Å². The van der Waals surface area contributed by atoms with Crippen molar-refractivity contribution < 1.29 is 9.59 Å². The summed E-state index contributed by atoms with van der Waals surface area (Å²) in [6, 6.07) is 6.84. The Balaban J connectivity index is 2.87. The number of hydrogen-bond donors (Lipinski definition) is 1. The third-order valence-corrected chi connectivity index (χ3v) is 2.37. The lowest BCUT2D eigenvalue weighted by molar-refractivity contribution is -0.114. The van der Waals surface area contributed by atoms with Crippen molar-refractivity contribution in [3.05, 3.63) is 29.8 Å². The van der Waals surface area contributed by atoms with Gasteiger partial charge in [0, 0.05) is 18.2 Å². The standard InChI is InChI=1S/C12H14BrNO2/c1-8(15)14-10-6-4-9(5-7-10)11(16)12(2,3)13/h4-7H,1-3H3,(H,14,15). The number of hydrogen-bond acceptors (Lipinski definition) is 2. The van der Waals surface area contributed by atoms with Gasteiger partial charge in [-0.1, -0.05) is 15.9 Å². The number of benzene rings is 1. The molecule has 1 amide bonds. The number of alkyl halides is 1. The summed E-state index contributed by atoms with van der Waals surface area (Å²) in [7, 11) is 0. The van der Waals surface area contributed by atoms with Crippen LogP contribution in [-0.2, 0) is 4.79 Å². The van der Waals surface area contributed by atoms with E-state index in [1.807, 2.05) is 0 Å². The lowest BCUT2D eigenvalue weighted by Crippen LogP contribution is -2.23. The van der Waals surface area contributed by atoms with Crippen LogP contribution in [0.1, 0.15) is 31.1 Å². The Hall–Kier alpha value is -1.16. The summed E-state index contributed by atoms with van der Waals surface area (Å²) in [5, 5.41) is 2.65. The van der Waals surface area contributed by atoms with Gasteiger partial charge in [0.1, 0.15) is 0 Å². The third kappa shape index (κ3) is 3.45. The topological polar surface area (TPSA) is 46.2 Å². The fraction of sp³-hybridized carbons (Fsp3) is 0.333. The Labute approximate surface area is 103 Å². The molecule has 0 atom stereocenters. The van der Waals surface area contributed by atoms with Gasteiger partial charge in [-0.05, 0) is 38.1 Å². The van der Waals surface area contributed by atoms with Gasteiger partial charge in [0.15, 0.2) is 5.78 Å². The van der Waals surface area contributed by atoms with Gasteiger partial charge >= 0.3 is 0 Å². The van der Waals surface area contributed by atoms with Gasteiger partial charge in [-0.15, -0.1) is 0 Å². The van der Waals surface area contributed by atoms with E-state index in [1.165, 1.54) is 6.92 Å². The molecular weight excluding hydrogens is 270 g/mol. The maximum absolute atomic E-state index is 11.9. The van der Waals surface area contributed by atoms with Crippen molar-refractivity contribution in [2.45, 2.75) is 25.1 Å². The van der Waals surface area contributed by atoms with Crippen molar-refractivity contribution in [1.29, 1.82) is 0 Å². The van der Waals surface area contributed by atoms with Crippen molar-refractivity contribution in [2.75, 3.05) is 5.32 Å². The van der Waals surface area contributed by atoms with Crippen LogP contribution in [0.2, 0.25) is 0 Å². The number of rotatable bonds is 3. The minimum atomic E-state index is -0.567. The molecule has 1 aromatic carbocycles. The maximum atomic E-state index is 11.9. The molecule has 1 aromatic rings. The first-order valence-corrected chi connectivity index (χ1v) is 5.71. The van der Waals surface area contributed by atoms with Crippen molar-refractivity contribution in [3.63, 3.8) is 0 Å². The van der Waals surface area contributed by atoms with Crippen LogP contribution >= 0.6 is 15.9 Å². The highest BCUT2D eigenvalue weighted by molar-refractivity contribution is 9.10. The molecule has 1 N–H and O–H groups in total. The van der Waals surface area contributed by atoms with E-state index in [4.69, 9.17) is 0 Å². The molecule has 0 saturated heterocycles. The molecular formula is C12H14BrNO2. The smallest absolute Gasteiger partial charge is 0.221 e. The highest BCUT2D eigenvalue weighted by Crippen LogP contribution is 2.22. The minimum absolute atomic E-state index is 0.0156. The van der Waals surface area contributed by atoms with Crippen LogP contribution in [-0.4, -0.2) is 16.0 Å². The molecule has 0 fully saturated rings. The molecule has 86 valence electrons. The number of nitrogens with one attached hydrogen (secondary N) is 1. The first kappa shape index (κ1) is 12.9. The van der Waals surface area contributed by atoms with Gasteiger partial charge in [-0.25, -0.2) is 0 Å². The van der Waals surface area contributed by atoms with Gasteiger partial charge in [0.25, 0.3) is 0 Å². The molecule has 0 radical (unpaired) electrons. The minimum Gasteiger partial charge on any atom is -0.326 e. The van der Waals surface area contributed by atoms with Crippen LogP contribution < -0.4 is 5.32 Å². The Morgan fingerprint density at radius 3 is 2.06 bits per heavy atom. The number of anilines is 1. The van der Waals surface area contributed by atoms with E-state index in [-0.39, 0.29) is 11.7 Å². The van der Waals surface area contributed by atoms with Gasteiger partial charge in [0.05, 0.1) is 4.32 Å². The molecule has 0 spiro atoms. The molecule has 1 rings (SSSR count). The molecule has 3 nitrogen and oxygen atoms in total. The number of carbonyl (C=O) groups is 2. The van der Waals surface area contributed by atoms with Crippen molar-refractivity contribution in [2.24, 2.45) is 0 Å². The van der Waals surface area contributed by atoms with Gasteiger partial charge in [0.2, 0.25) is 5.91 Å². The average molecular weight is 284 g/mol. The molecule has 4 heteroatoms. The summed E-state index contributed by atoms with van der Waals surface area (Å²) in [5.74, 6) is -0.109. The largest absolute Gasteiger partial charge is 0.326 e. The lowest BCUT2D eigenvalue weighted by atomic mass is 10.0. The monoisotopic (exact) mass is 283 g/mol. The Morgan fingerprint density at radius 2 is 1.69 bits per heavy atom. The van der Waals surface area contributed by atoms with E-state index in [0.717, 1.165) is 0 Å². The Bertz CT molecular complexity index is 404. The molecule has 0 aliphatic carbocycles. The van der Waals surface area contributed by atoms with Crippen molar-refractivity contribution >= 4 is 33.3 Å². The van der Waals surface area contributed by atoms with E-state index in [9.17, 15) is 9.59 Å². The summed E-state index contributed by atoms with van der Waals surface area (Å²) in [6.07, 6.45) is 0. The van der Waals surface area contributed by atoms with Crippen LogP contribution in [0, 0.1) is 0 Å². The SMILES string of the molecule is CC(=O)Nc1ccc(C(=O)C(C)(C)Br)cc1. The average Bonchev–Trinajstić information content (AvgIpc) is 2.15. The predicted molar refractivity (Wildman–Crippen MR) is 68.1 cm³/mol. The van der Waals surface area contributed by atoms with Crippen LogP contribution in [0.3, 0.4) is 0 Å². The molecule has 0 bridgehead atoms. The molecule has 0 aliphatic rings. The van der Waals surface area contributed by atoms with Gasteiger partial charge in [-0.3, -0.25) is 9.59 Å². The first-order chi connectivity index (χ1) is 7.30. The zero-order valence-electron chi connectivity index (χ0n) is 9.50. The van der Waals surface area contributed by atoms with E-state index in [1.54, 1.807) is 38.1 Å². The number of halogens is 1. The fourth-order valence-electron chi connectivity index (χ4n) is 1.25. The van der Waals surface area contributed by atoms with E-state index >= 15 is 0 Å².